The Bertz CT molecular complexity index is 98.1. The zero-order valence-corrected chi connectivity index (χ0v) is 7.31. The highest BCUT2D eigenvalue weighted by atomic mass is 19.2. The van der Waals surface area contributed by atoms with Gasteiger partial charge in [-0.15, -0.1) is 0 Å². The summed E-state index contributed by atoms with van der Waals surface area (Å²) in [6.45, 7) is 3.56. The van der Waals surface area contributed by atoms with E-state index in [1.807, 2.05) is 0 Å². The maximum Gasteiger partial charge on any atom is 0.136 e. The molecule has 0 aromatic carbocycles. The highest BCUT2D eigenvalue weighted by molar-refractivity contribution is 4.72. The largest absolute Gasteiger partial charge is 0.384 e. The van der Waals surface area contributed by atoms with Crippen LogP contribution in [0.4, 0.5) is 8.78 Å². The average Bonchev–Trinajstić information content (AvgIpc) is 2.02. The first-order valence-corrected chi connectivity index (χ1v) is 3.90. The van der Waals surface area contributed by atoms with Crippen molar-refractivity contribution in [1.29, 1.82) is 0 Å². The molecule has 0 radical (unpaired) electrons. The van der Waals surface area contributed by atoms with Gasteiger partial charge in [0.1, 0.15) is 12.3 Å². The van der Waals surface area contributed by atoms with E-state index in [9.17, 15) is 8.78 Å². The molecule has 0 fully saturated rings. The van der Waals surface area contributed by atoms with Crippen LogP contribution < -0.4 is 0 Å². The zero-order valence-electron chi connectivity index (χ0n) is 7.31. The van der Waals surface area contributed by atoms with Gasteiger partial charge in [-0.3, -0.25) is 0 Å². The molecule has 0 rings (SSSR count). The van der Waals surface area contributed by atoms with E-state index in [1.165, 1.54) is 7.11 Å². The Morgan fingerprint density at radius 1 is 1.36 bits per heavy atom. The summed E-state index contributed by atoms with van der Waals surface area (Å²) in [7, 11) is 1.49. The second kappa shape index (κ2) is 5.47. The number of rotatable bonds is 5. The first-order chi connectivity index (χ1) is 5.13. The fraction of sp³-hybridized carbons (Fsp3) is 1.00. The van der Waals surface area contributed by atoms with E-state index in [-0.39, 0.29) is 18.9 Å². The van der Waals surface area contributed by atoms with Gasteiger partial charge in [0.2, 0.25) is 0 Å². The summed E-state index contributed by atoms with van der Waals surface area (Å²) in [4.78, 5) is 0. The van der Waals surface area contributed by atoms with Crippen LogP contribution in [0.1, 0.15) is 20.3 Å². The monoisotopic (exact) mass is 166 g/mol. The van der Waals surface area contributed by atoms with Crippen LogP contribution in [0.2, 0.25) is 0 Å². The van der Waals surface area contributed by atoms with Crippen molar-refractivity contribution < 1.29 is 13.5 Å². The van der Waals surface area contributed by atoms with Crippen molar-refractivity contribution >= 4 is 0 Å². The van der Waals surface area contributed by atoms with Crippen molar-refractivity contribution in [1.82, 2.24) is 0 Å². The normalized spacial score (nSPS) is 19.4. The predicted octanol–water partition coefficient (Wildman–Crippen LogP) is 2.36. The third-order valence-corrected chi connectivity index (χ3v) is 1.71. The van der Waals surface area contributed by atoms with Crippen LogP contribution in [0.25, 0.3) is 0 Å². The smallest absolute Gasteiger partial charge is 0.136 e. The molecule has 3 atom stereocenters. The maximum atomic E-state index is 12.9. The third kappa shape index (κ3) is 3.65. The van der Waals surface area contributed by atoms with Crippen molar-refractivity contribution in [3.8, 4) is 0 Å². The molecule has 68 valence electrons. The molecule has 0 aromatic heterocycles. The lowest BCUT2D eigenvalue weighted by Crippen LogP contribution is -2.27. The lowest BCUT2D eigenvalue weighted by Gasteiger charge is -2.18. The highest BCUT2D eigenvalue weighted by Gasteiger charge is 2.24. The summed E-state index contributed by atoms with van der Waals surface area (Å²) in [5, 5.41) is 0. The number of hydrogen-bond donors (Lipinski definition) is 0. The van der Waals surface area contributed by atoms with E-state index in [2.05, 4.69) is 0 Å². The Balaban J connectivity index is 3.70. The number of hydrogen-bond acceptors (Lipinski definition) is 1. The molecule has 0 aromatic rings. The van der Waals surface area contributed by atoms with Gasteiger partial charge >= 0.3 is 0 Å². The quantitative estimate of drug-likeness (QED) is 0.609. The maximum absolute atomic E-state index is 12.9. The molecule has 11 heavy (non-hydrogen) atoms. The van der Waals surface area contributed by atoms with Gasteiger partial charge in [-0.25, -0.2) is 8.78 Å². The first kappa shape index (κ1) is 10.8. The second-order valence-electron chi connectivity index (χ2n) is 2.80. The Morgan fingerprint density at radius 3 is 2.27 bits per heavy atom. The average molecular weight is 166 g/mol. The SMILES string of the molecule is CCC(F)C(F)C(C)COC. The third-order valence-electron chi connectivity index (χ3n) is 1.71. The summed E-state index contributed by atoms with van der Waals surface area (Å²) >= 11 is 0. The van der Waals surface area contributed by atoms with Crippen molar-refractivity contribution in [2.45, 2.75) is 32.6 Å². The lowest BCUT2D eigenvalue weighted by atomic mass is 10.0. The molecular formula is C8H16F2O. The van der Waals surface area contributed by atoms with E-state index in [1.54, 1.807) is 13.8 Å². The number of methoxy groups -OCH3 is 1. The number of halogens is 2. The van der Waals surface area contributed by atoms with Crippen LogP contribution >= 0.6 is 0 Å². The van der Waals surface area contributed by atoms with Crippen molar-refractivity contribution in [2.24, 2.45) is 5.92 Å². The lowest BCUT2D eigenvalue weighted by molar-refractivity contribution is 0.0601. The molecule has 0 spiro atoms. The van der Waals surface area contributed by atoms with Crippen LogP contribution in [-0.4, -0.2) is 26.1 Å². The Labute approximate surface area is 66.7 Å². The molecule has 3 unspecified atom stereocenters. The van der Waals surface area contributed by atoms with Gasteiger partial charge in [0.15, 0.2) is 0 Å². The number of ether oxygens (including phenoxy) is 1. The number of alkyl halides is 2. The molecule has 0 aliphatic heterocycles. The topological polar surface area (TPSA) is 9.23 Å². The van der Waals surface area contributed by atoms with Gasteiger partial charge in [0.25, 0.3) is 0 Å². The summed E-state index contributed by atoms with van der Waals surface area (Å²) in [6.07, 6.45) is -2.50. The van der Waals surface area contributed by atoms with Gasteiger partial charge in [-0.1, -0.05) is 13.8 Å². The van der Waals surface area contributed by atoms with Crippen molar-refractivity contribution in [3.63, 3.8) is 0 Å². The molecular weight excluding hydrogens is 150 g/mol. The van der Waals surface area contributed by atoms with Gasteiger partial charge < -0.3 is 4.74 Å². The van der Waals surface area contributed by atoms with E-state index >= 15 is 0 Å². The van der Waals surface area contributed by atoms with E-state index in [0.29, 0.717) is 0 Å². The molecule has 3 heteroatoms. The van der Waals surface area contributed by atoms with Crippen molar-refractivity contribution in [3.05, 3.63) is 0 Å². The van der Waals surface area contributed by atoms with E-state index < -0.39 is 12.3 Å². The Morgan fingerprint density at radius 2 is 1.91 bits per heavy atom. The molecule has 0 aliphatic carbocycles. The molecule has 0 amide bonds. The summed E-state index contributed by atoms with van der Waals surface area (Å²) in [5.74, 6) is -0.352. The van der Waals surface area contributed by atoms with Crippen LogP contribution in [0.5, 0.6) is 0 Å². The van der Waals surface area contributed by atoms with E-state index in [4.69, 9.17) is 4.74 Å². The Kier molecular flexibility index (Phi) is 5.38. The van der Waals surface area contributed by atoms with Gasteiger partial charge in [0, 0.05) is 13.0 Å². The molecule has 0 N–H and O–H groups in total. The standard InChI is InChI=1S/C8H16F2O/c1-4-7(9)8(10)6(2)5-11-3/h6-8H,4-5H2,1-3H3. The summed E-state index contributed by atoms with van der Waals surface area (Å²) in [6, 6.07) is 0. The minimum atomic E-state index is -1.39. The minimum Gasteiger partial charge on any atom is -0.384 e. The van der Waals surface area contributed by atoms with Gasteiger partial charge in [-0.2, -0.15) is 0 Å². The summed E-state index contributed by atoms with van der Waals surface area (Å²) in [5.41, 5.74) is 0. The zero-order chi connectivity index (χ0) is 8.85. The molecule has 1 nitrogen and oxygen atoms in total. The van der Waals surface area contributed by atoms with Crippen molar-refractivity contribution in [2.75, 3.05) is 13.7 Å². The van der Waals surface area contributed by atoms with Crippen LogP contribution in [-0.2, 0) is 4.74 Å². The second-order valence-corrected chi connectivity index (χ2v) is 2.80. The molecule has 0 saturated heterocycles. The van der Waals surface area contributed by atoms with E-state index in [0.717, 1.165) is 0 Å². The molecule has 0 aliphatic rings. The minimum absolute atomic E-state index is 0.231. The molecule has 0 heterocycles. The first-order valence-electron chi connectivity index (χ1n) is 3.90. The van der Waals surface area contributed by atoms with Gasteiger partial charge in [0.05, 0.1) is 6.61 Å². The van der Waals surface area contributed by atoms with Crippen LogP contribution in [0, 0.1) is 5.92 Å². The van der Waals surface area contributed by atoms with Gasteiger partial charge in [-0.05, 0) is 6.42 Å². The molecule has 0 saturated carbocycles. The van der Waals surface area contributed by atoms with Crippen LogP contribution in [0.15, 0.2) is 0 Å². The fourth-order valence-electron chi connectivity index (χ4n) is 0.936. The molecule has 0 bridgehead atoms. The fourth-order valence-corrected chi connectivity index (χ4v) is 0.936. The summed E-state index contributed by atoms with van der Waals surface area (Å²) < 4.78 is 30.3. The highest BCUT2D eigenvalue weighted by Crippen LogP contribution is 2.16. The predicted molar refractivity (Wildman–Crippen MR) is 41.1 cm³/mol. The Hall–Kier alpha value is -0.180. The van der Waals surface area contributed by atoms with Crippen LogP contribution in [0.3, 0.4) is 0 Å².